The van der Waals surface area contributed by atoms with Gasteiger partial charge in [-0.05, 0) is 30.9 Å². The predicted octanol–water partition coefficient (Wildman–Crippen LogP) is 3.93. The molecule has 0 amide bonds. The van der Waals surface area contributed by atoms with Crippen LogP contribution in [0.2, 0.25) is 0 Å². The van der Waals surface area contributed by atoms with Gasteiger partial charge in [0.1, 0.15) is 6.10 Å². The van der Waals surface area contributed by atoms with Gasteiger partial charge in [-0.25, -0.2) is 0 Å². The third-order valence-electron chi connectivity index (χ3n) is 3.55. The van der Waals surface area contributed by atoms with E-state index in [1.54, 1.807) is 0 Å². The Bertz CT molecular complexity index is 747. The Morgan fingerprint density at radius 2 is 1.65 bits per heavy atom. The molecule has 0 fully saturated rings. The first-order valence-corrected chi connectivity index (χ1v) is 6.76. The van der Waals surface area contributed by atoms with Gasteiger partial charge in [-0.2, -0.15) is 0 Å². The SMILES string of the molecule is Cc1ccc(C(O)c2nc(C)cc3ccccc23)cc1. The van der Waals surface area contributed by atoms with E-state index in [2.05, 4.69) is 11.1 Å². The summed E-state index contributed by atoms with van der Waals surface area (Å²) in [4.78, 5) is 4.55. The second-order valence-corrected chi connectivity index (χ2v) is 5.18. The number of pyridine rings is 1. The molecule has 0 spiro atoms. The molecule has 3 aromatic rings. The van der Waals surface area contributed by atoms with Gasteiger partial charge >= 0.3 is 0 Å². The number of aromatic nitrogens is 1. The number of benzene rings is 2. The summed E-state index contributed by atoms with van der Waals surface area (Å²) in [6.45, 7) is 3.99. The first-order valence-electron chi connectivity index (χ1n) is 6.76. The Morgan fingerprint density at radius 1 is 0.950 bits per heavy atom. The van der Waals surface area contributed by atoms with Crippen molar-refractivity contribution in [2.75, 3.05) is 0 Å². The number of hydrogen-bond donors (Lipinski definition) is 1. The van der Waals surface area contributed by atoms with Crippen LogP contribution in [-0.2, 0) is 0 Å². The molecule has 1 unspecified atom stereocenters. The summed E-state index contributed by atoms with van der Waals surface area (Å²) in [5, 5.41) is 12.8. The standard InChI is InChI=1S/C18H17NO/c1-12-7-9-14(10-8-12)18(20)17-16-6-4-3-5-15(16)11-13(2)19-17/h3-11,18,20H,1-2H3. The van der Waals surface area contributed by atoms with Crippen LogP contribution in [0.25, 0.3) is 10.8 Å². The quantitative estimate of drug-likeness (QED) is 0.760. The lowest BCUT2D eigenvalue weighted by Gasteiger charge is -2.14. The molecule has 20 heavy (non-hydrogen) atoms. The smallest absolute Gasteiger partial charge is 0.122 e. The monoisotopic (exact) mass is 263 g/mol. The van der Waals surface area contributed by atoms with E-state index in [1.165, 1.54) is 5.56 Å². The molecule has 2 heteroatoms. The van der Waals surface area contributed by atoms with E-state index in [9.17, 15) is 5.11 Å². The molecule has 1 aromatic heterocycles. The summed E-state index contributed by atoms with van der Waals surface area (Å²) in [6, 6.07) is 18.0. The van der Waals surface area contributed by atoms with Gasteiger partial charge in [0.2, 0.25) is 0 Å². The molecular formula is C18H17NO. The molecule has 3 rings (SSSR count). The number of hydrogen-bond acceptors (Lipinski definition) is 2. The number of fused-ring (bicyclic) bond motifs is 1. The molecular weight excluding hydrogens is 246 g/mol. The van der Waals surface area contributed by atoms with Gasteiger partial charge in [0.25, 0.3) is 0 Å². The predicted molar refractivity (Wildman–Crippen MR) is 81.7 cm³/mol. The maximum absolute atomic E-state index is 10.6. The summed E-state index contributed by atoms with van der Waals surface area (Å²) in [6.07, 6.45) is -0.694. The molecule has 0 saturated carbocycles. The summed E-state index contributed by atoms with van der Waals surface area (Å²) in [5.41, 5.74) is 3.70. The molecule has 2 nitrogen and oxygen atoms in total. The number of aliphatic hydroxyl groups is 1. The first-order chi connectivity index (χ1) is 9.65. The van der Waals surface area contributed by atoms with Crippen LogP contribution in [0, 0.1) is 13.8 Å². The van der Waals surface area contributed by atoms with E-state index in [-0.39, 0.29) is 0 Å². The molecule has 0 saturated heterocycles. The van der Waals surface area contributed by atoms with Crippen LogP contribution in [-0.4, -0.2) is 10.1 Å². The van der Waals surface area contributed by atoms with Crippen LogP contribution in [0.5, 0.6) is 0 Å². The van der Waals surface area contributed by atoms with Gasteiger partial charge in [-0.15, -0.1) is 0 Å². The lowest BCUT2D eigenvalue weighted by Crippen LogP contribution is -2.04. The van der Waals surface area contributed by atoms with Crippen molar-refractivity contribution in [2.24, 2.45) is 0 Å². The minimum absolute atomic E-state index is 0.694. The van der Waals surface area contributed by atoms with Crippen LogP contribution in [0.1, 0.15) is 28.6 Å². The highest BCUT2D eigenvalue weighted by atomic mass is 16.3. The Balaban J connectivity index is 2.15. The molecule has 0 aliphatic carbocycles. The second-order valence-electron chi connectivity index (χ2n) is 5.18. The van der Waals surface area contributed by atoms with Crippen molar-refractivity contribution >= 4 is 10.8 Å². The summed E-state index contributed by atoms with van der Waals surface area (Å²) in [7, 11) is 0. The zero-order valence-corrected chi connectivity index (χ0v) is 11.7. The Kier molecular flexibility index (Phi) is 3.25. The molecule has 0 aliphatic rings. The van der Waals surface area contributed by atoms with Crippen LogP contribution < -0.4 is 0 Å². The van der Waals surface area contributed by atoms with Gasteiger partial charge in [0.05, 0.1) is 5.69 Å². The van der Waals surface area contributed by atoms with Gasteiger partial charge in [-0.3, -0.25) is 4.98 Å². The van der Waals surface area contributed by atoms with E-state index >= 15 is 0 Å². The highest BCUT2D eigenvalue weighted by Gasteiger charge is 2.15. The van der Waals surface area contributed by atoms with Crippen molar-refractivity contribution < 1.29 is 5.11 Å². The maximum atomic E-state index is 10.6. The average Bonchev–Trinajstić information content (AvgIpc) is 2.46. The molecule has 1 heterocycles. The fourth-order valence-electron chi connectivity index (χ4n) is 2.48. The van der Waals surface area contributed by atoms with Crippen molar-refractivity contribution in [3.8, 4) is 0 Å². The zero-order chi connectivity index (χ0) is 14.1. The lowest BCUT2D eigenvalue weighted by atomic mass is 9.99. The highest BCUT2D eigenvalue weighted by molar-refractivity contribution is 5.85. The Labute approximate surface area is 118 Å². The van der Waals surface area contributed by atoms with Gasteiger partial charge in [-0.1, -0.05) is 54.1 Å². The maximum Gasteiger partial charge on any atom is 0.122 e. The summed E-state index contributed by atoms with van der Waals surface area (Å²) < 4.78 is 0. The van der Waals surface area contributed by atoms with Crippen LogP contribution in [0.15, 0.2) is 54.6 Å². The van der Waals surface area contributed by atoms with Gasteiger partial charge < -0.3 is 5.11 Å². The number of nitrogens with zero attached hydrogens (tertiary/aromatic N) is 1. The number of rotatable bonds is 2. The Hall–Kier alpha value is -2.19. The van der Waals surface area contributed by atoms with E-state index in [0.29, 0.717) is 0 Å². The van der Waals surface area contributed by atoms with E-state index in [4.69, 9.17) is 0 Å². The van der Waals surface area contributed by atoms with E-state index in [1.807, 2.05) is 62.4 Å². The molecule has 0 aliphatic heterocycles. The zero-order valence-electron chi connectivity index (χ0n) is 11.7. The molecule has 0 radical (unpaired) electrons. The summed E-state index contributed by atoms with van der Waals surface area (Å²) in [5.74, 6) is 0. The van der Waals surface area contributed by atoms with Crippen molar-refractivity contribution in [2.45, 2.75) is 20.0 Å². The van der Waals surface area contributed by atoms with Crippen LogP contribution >= 0.6 is 0 Å². The van der Waals surface area contributed by atoms with E-state index < -0.39 is 6.10 Å². The number of aryl methyl sites for hydroxylation is 2. The largest absolute Gasteiger partial charge is 0.382 e. The molecule has 0 bridgehead atoms. The minimum atomic E-state index is -0.694. The molecule has 1 N–H and O–H groups in total. The van der Waals surface area contributed by atoms with Crippen LogP contribution in [0.3, 0.4) is 0 Å². The van der Waals surface area contributed by atoms with Gasteiger partial charge in [0, 0.05) is 11.1 Å². The van der Waals surface area contributed by atoms with Crippen molar-refractivity contribution in [1.29, 1.82) is 0 Å². The minimum Gasteiger partial charge on any atom is -0.382 e. The highest BCUT2D eigenvalue weighted by Crippen LogP contribution is 2.28. The fraction of sp³-hybridized carbons (Fsp3) is 0.167. The first kappa shape index (κ1) is 12.8. The van der Waals surface area contributed by atoms with Crippen molar-refractivity contribution in [3.05, 3.63) is 77.1 Å². The van der Waals surface area contributed by atoms with Crippen molar-refractivity contribution in [3.63, 3.8) is 0 Å². The number of aliphatic hydroxyl groups excluding tert-OH is 1. The molecule has 2 aromatic carbocycles. The fourth-order valence-corrected chi connectivity index (χ4v) is 2.48. The van der Waals surface area contributed by atoms with Gasteiger partial charge in [0.15, 0.2) is 0 Å². The summed E-state index contributed by atoms with van der Waals surface area (Å²) >= 11 is 0. The third kappa shape index (κ3) is 2.30. The van der Waals surface area contributed by atoms with E-state index in [0.717, 1.165) is 27.7 Å². The molecule has 100 valence electrons. The van der Waals surface area contributed by atoms with Crippen molar-refractivity contribution in [1.82, 2.24) is 4.98 Å². The Morgan fingerprint density at radius 3 is 2.40 bits per heavy atom. The van der Waals surface area contributed by atoms with Crippen LogP contribution in [0.4, 0.5) is 0 Å². The topological polar surface area (TPSA) is 33.1 Å². The lowest BCUT2D eigenvalue weighted by molar-refractivity contribution is 0.217. The normalized spacial score (nSPS) is 12.6. The average molecular weight is 263 g/mol. The second kappa shape index (κ2) is 5.06. The third-order valence-corrected chi connectivity index (χ3v) is 3.55. The molecule has 1 atom stereocenters.